The fourth-order valence-corrected chi connectivity index (χ4v) is 1.81. The van der Waals surface area contributed by atoms with E-state index in [-0.39, 0.29) is 26.7 Å². The van der Waals surface area contributed by atoms with Crippen molar-refractivity contribution in [2.45, 2.75) is 0 Å². The fourth-order valence-electron chi connectivity index (χ4n) is 0.918. The molecule has 0 fully saturated rings. The molecule has 0 aromatic heterocycles. The van der Waals surface area contributed by atoms with E-state index >= 15 is 0 Å². The van der Waals surface area contributed by atoms with Gasteiger partial charge >= 0.3 is 0 Å². The monoisotopic (exact) mass is 291 g/mol. The molecule has 2 nitrogen and oxygen atoms in total. The Morgan fingerprint density at radius 1 is 1.43 bits per heavy atom. The lowest BCUT2D eigenvalue weighted by molar-refractivity contribution is 0.102. The summed E-state index contributed by atoms with van der Waals surface area (Å²) in [6.07, 6.45) is 0. The Labute approximate surface area is 99.6 Å². The second-order valence-electron chi connectivity index (χ2n) is 2.48. The normalized spacial score (nSPS) is 9.57. The van der Waals surface area contributed by atoms with Gasteiger partial charge in [-0.25, -0.2) is 0 Å². The number of alkyl halides is 1. The van der Waals surface area contributed by atoms with Crippen molar-refractivity contribution in [3.8, 4) is 6.07 Å². The third-order valence-electron chi connectivity index (χ3n) is 1.60. The molecule has 0 amide bonds. The highest BCUT2D eigenvalue weighted by atomic mass is 79.9. The number of nitrogens with zero attached hydrogens (tertiary/aromatic N) is 1. The predicted molar refractivity (Wildman–Crippen MR) is 59.3 cm³/mol. The van der Waals surface area contributed by atoms with Gasteiger partial charge in [0.15, 0.2) is 5.78 Å². The number of carbonyl (C=O) groups is 1. The number of halogens is 3. The number of ketones is 1. The molecule has 0 unspecified atom stereocenters. The van der Waals surface area contributed by atoms with Gasteiger partial charge in [0, 0.05) is 5.56 Å². The number of rotatable bonds is 2. The Hall–Kier alpha value is -0.560. The molecule has 0 N–H and O–H groups in total. The molecule has 1 aromatic rings. The van der Waals surface area contributed by atoms with Crippen LogP contribution in [0.4, 0.5) is 0 Å². The van der Waals surface area contributed by atoms with Gasteiger partial charge in [-0.3, -0.25) is 4.79 Å². The van der Waals surface area contributed by atoms with Crippen LogP contribution in [0.15, 0.2) is 12.1 Å². The number of nitriles is 1. The summed E-state index contributed by atoms with van der Waals surface area (Å²) < 4.78 is 0. The van der Waals surface area contributed by atoms with Crippen LogP contribution in [0, 0.1) is 11.3 Å². The molecule has 1 aromatic carbocycles. The zero-order valence-electron chi connectivity index (χ0n) is 6.85. The lowest BCUT2D eigenvalue weighted by Gasteiger charge is -2.02. The molecule has 0 spiro atoms. The van der Waals surface area contributed by atoms with Crippen LogP contribution < -0.4 is 0 Å². The number of hydrogen-bond acceptors (Lipinski definition) is 2. The van der Waals surface area contributed by atoms with Gasteiger partial charge in [0.25, 0.3) is 0 Å². The van der Waals surface area contributed by atoms with Crippen molar-refractivity contribution in [3.05, 3.63) is 33.3 Å². The van der Waals surface area contributed by atoms with E-state index < -0.39 is 0 Å². The molecule has 14 heavy (non-hydrogen) atoms. The van der Waals surface area contributed by atoms with Crippen molar-refractivity contribution in [2.24, 2.45) is 0 Å². The fraction of sp³-hybridized carbons (Fsp3) is 0.111. The van der Waals surface area contributed by atoms with E-state index in [1.807, 2.05) is 6.07 Å². The van der Waals surface area contributed by atoms with Gasteiger partial charge in [0.05, 0.1) is 20.9 Å². The van der Waals surface area contributed by atoms with Gasteiger partial charge in [0.1, 0.15) is 6.07 Å². The first-order chi connectivity index (χ1) is 6.60. The summed E-state index contributed by atoms with van der Waals surface area (Å²) in [6.45, 7) is 0. The van der Waals surface area contributed by atoms with E-state index in [2.05, 4.69) is 15.9 Å². The SMILES string of the molecule is N#Cc1c(Cl)cc(C(=O)CBr)cc1Cl. The van der Waals surface area contributed by atoms with Crippen LogP contribution in [0.3, 0.4) is 0 Å². The van der Waals surface area contributed by atoms with E-state index in [0.717, 1.165) is 0 Å². The minimum atomic E-state index is -0.127. The van der Waals surface area contributed by atoms with E-state index in [1.54, 1.807) is 0 Å². The Bertz CT molecular complexity index is 402. The second-order valence-corrected chi connectivity index (χ2v) is 3.86. The summed E-state index contributed by atoms with van der Waals surface area (Å²) in [7, 11) is 0. The van der Waals surface area contributed by atoms with Crippen molar-refractivity contribution < 1.29 is 4.79 Å². The van der Waals surface area contributed by atoms with Crippen molar-refractivity contribution in [2.75, 3.05) is 5.33 Å². The maximum atomic E-state index is 11.3. The van der Waals surface area contributed by atoms with Crippen molar-refractivity contribution in [3.63, 3.8) is 0 Å². The summed E-state index contributed by atoms with van der Waals surface area (Å²) in [4.78, 5) is 11.3. The molecule has 1 rings (SSSR count). The van der Waals surface area contributed by atoms with E-state index in [0.29, 0.717) is 5.56 Å². The number of hydrogen-bond donors (Lipinski definition) is 0. The van der Waals surface area contributed by atoms with Crippen LogP contribution in [0.2, 0.25) is 10.0 Å². The molecule has 0 aliphatic rings. The highest BCUT2D eigenvalue weighted by Crippen LogP contribution is 2.26. The number of benzene rings is 1. The van der Waals surface area contributed by atoms with Crippen LogP contribution >= 0.6 is 39.1 Å². The van der Waals surface area contributed by atoms with Gasteiger partial charge < -0.3 is 0 Å². The summed E-state index contributed by atoms with van der Waals surface area (Å²) >= 11 is 14.6. The van der Waals surface area contributed by atoms with Crippen molar-refractivity contribution in [1.82, 2.24) is 0 Å². The van der Waals surface area contributed by atoms with E-state index in [1.165, 1.54) is 12.1 Å². The Morgan fingerprint density at radius 2 is 1.93 bits per heavy atom. The van der Waals surface area contributed by atoms with E-state index in [9.17, 15) is 4.79 Å². The Balaban J connectivity index is 3.29. The highest BCUT2D eigenvalue weighted by Gasteiger charge is 2.11. The van der Waals surface area contributed by atoms with Crippen LogP contribution in [0.5, 0.6) is 0 Å². The van der Waals surface area contributed by atoms with Crippen LogP contribution in [0.25, 0.3) is 0 Å². The molecule has 0 atom stereocenters. The molecule has 0 heterocycles. The van der Waals surface area contributed by atoms with Crippen LogP contribution in [0.1, 0.15) is 15.9 Å². The molecule has 0 saturated carbocycles. The largest absolute Gasteiger partial charge is 0.293 e. The lowest BCUT2D eigenvalue weighted by Crippen LogP contribution is -2.00. The molecular weight excluding hydrogens is 289 g/mol. The maximum absolute atomic E-state index is 11.3. The minimum absolute atomic E-state index is 0.127. The average Bonchev–Trinajstić information content (AvgIpc) is 2.16. The number of Topliss-reactive ketones (excluding diaryl/α,β-unsaturated/α-hetero) is 1. The Morgan fingerprint density at radius 3 is 2.29 bits per heavy atom. The van der Waals surface area contributed by atoms with Crippen LogP contribution in [-0.4, -0.2) is 11.1 Å². The summed E-state index contributed by atoms with van der Waals surface area (Å²) in [5.41, 5.74) is 0.593. The Kier molecular flexibility index (Phi) is 3.94. The average molecular weight is 293 g/mol. The number of carbonyl (C=O) groups excluding carboxylic acids is 1. The molecule has 0 saturated heterocycles. The van der Waals surface area contributed by atoms with Crippen molar-refractivity contribution in [1.29, 1.82) is 5.26 Å². The first-order valence-electron chi connectivity index (χ1n) is 3.58. The second kappa shape index (κ2) is 4.79. The van der Waals surface area contributed by atoms with Crippen LogP contribution in [-0.2, 0) is 0 Å². The molecule has 5 heteroatoms. The van der Waals surface area contributed by atoms with Crippen molar-refractivity contribution >= 4 is 44.9 Å². The summed E-state index contributed by atoms with van der Waals surface area (Å²) in [5.74, 6) is -0.127. The lowest BCUT2D eigenvalue weighted by atomic mass is 10.1. The van der Waals surface area contributed by atoms with E-state index in [4.69, 9.17) is 28.5 Å². The molecule has 0 aliphatic heterocycles. The molecular formula is C9H4BrCl2NO. The van der Waals surface area contributed by atoms with Gasteiger partial charge in [0.2, 0.25) is 0 Å². The first kappa shape index (κ1) is 11.5. The third kappa shape index (κ3) is 2.27. The zero-order valence-corrected chi connectivity index (χ0v) is 9.95. The predicted octanol–water partition coefficient (Wildman–Crippen LogP) is 3.44. The van der Waals surface area contributed by atoms with Gasteiger partial charge in [-0.15, -0.1) is 0 Å². The topological polar surface area (TPSA) is 40.9 Å². The molecule has 0 bridgehead atoms. The first-order valence-corrected chi connectivity index (χ1v) is 5.46. The highest BCUT2D eigenvalue weighted by molar-refractivity contribution is 9.09. The molecule has 72 valence electrons. The zero-order chi connectivity index (χ0) is 10.7. The summed E-state index contributed by atoms with van der Waals surface area (Å²) in [5, 5.41) is 9.27. The summed E-state index contributed by atoms with van der Waals surface area (Å²) in [6, 6.07) is 4.74. The quantitative estimate of drug-likeness (QED) is 0.619. The smallest absolute Gasteiger partial charge is 0.173 e. The van der Waals surface area contributed by atoms with Gasteiger partial charge in [-0.05, 0) is 12.1 Å². The standard InChI is InChI=1S/C9H4BrCl2NO/c10-3-9(14)5-1-7(11)6(4-13)8(12)2-5/h1-2H,3H2. The van der Waals surface area contributed by atoms with Gasteiger partial charge in [-0.2, -0.15) is 5.26 Å². The third-order valence-corrected chi connectivity index (χ3v) is 2.70. The minimum Gasteiger partial charge on any atom is -0.293 e. The maximum Gasteiger partial charge on any atom is 0.173 e. The molecule has 0 radical (unpaired) electrons. The molecule has 0 aliphatic carbocycles. The van der Waals surface area contributed by atoms with Gasteiger partial charge in [-0.1, -0.05) is 39.1 Å².